The summed E-state index contributed by atoms with van der Waals surface area (Å²) in [5.74, 6) is -0.835. The zero-order valence-corrected chi connectivity index (χ0v) is 11.6. The number of aliphatic hydroxyl groups is 1. The molecule has 0 spiro atoms. The van der Waals surface area contributed by atoms with Gasteiger partial charge in [0.25, 0.3) is 0 Å². The van der Waals surface area contributed by atoms with E-state index < -0.39 is 12.1 Å². The third-order valence-electron chi connectivity index (χ3n) is 3.14. The first-order chi connectivity index (χ1) is 9.04. The molecular formula is C15H23NO3. The Morgan fingerprint density at radius 3 is 2.47 bits per heavy atom. The first-order valence-corrected chi connectivity index (χ1v) is 6.76. The lowest BCUT2D eigenvalue weighted by Gasteiger charge is -2.20. The third-order valence-corrected chi connectivity index (χ3v) is 3.14. The molecular weight excluding hydrogens is 242 g/mol. The second-order valence-corrected chi connectivity index (χ2v) is 4.82. The maximum Gasteiger partial charge on any atom is 0.304 e. The molecule has 4 heteroatoms. The molecule has 0 aliphatic heterocycles. The summed E-state index contributed by atoms with van der Waals surface area (Å²) in [6.07, 6.45) is 1.59. The van der Waals surface area contributed by atoms with Crippen molar-refractivity contribution in [1.82, 2.24) is 5.32 Å². The monoisotopic (exact) mass is 265 g/mol. The average Bonchev–Trinajstić information content (AvgIpc) is 2.38. The summed E-state index contributed by atoms with van der Waals surface area (Å²) in [4.78, 5) is 10.4. The van der Waals surface area contributed by atoms with E-state index >= 15 is 0 Å². The van der Waals surface area contributed by atoms with Gasteiger partial charge in [-0.25, -0.2) is 0 Å². The first kappa shape index (κ1) is 15.7. The molecule has 106 valence electrons. The van der Waals surface area contributed by atoms with Crippen LogP contribution < -0.4 is 5.32 Å². The van der Waals surface area contributed by atoms with E-state index in [1.54, 1.807) is 0 Å². The summed E-state index contributed by atoms with van der Waals surface area (Å²) in [6.45, 7) is 4.35. The van der Waals surface area contributed by atoms with Crippen molar-refractivity contribution in [1.29, 1.82) is 0 Å². The van der Waals surface area contributed by atoms with Crippen LogP contribution in [-0.4, -0.2) is 28.8 Å². The highest BCUT2D eigenvalue weighted by molar-refractivity contribution is 5.66. The average molecular weight is 265 g/mol. The van der Waals surface area contributed by atoms with Crippen LogP contribution in [0.1, 0.15) is 43.9 Å². The molecule has 0 amide bonds. The Morgan fingerprint density at radius 2 is 1.95 bits per heavy atom. The molecule has 0 aliphatic carbocycles. The number of carboxylic acids is 1. The van der Waals surface area contributed by atoms with Gasteiger partial charge in [0.05, 0.1) is 12.5 Å². The van der Waals surface area contributed by atoms with E-state index in [1.165, 1.54) is 5.56 Å². The Bertz CT molecular complexity index is 389. The fourth-order valence-corrected chi connectivity index (χ4v) is 1.98. The minimum Gasteiger partial charge on any atom is -0.481 e. The van der Waals surface area contributed by atoms with Crippen LogP contribution in [0.25, 0.3) is 0 Å². The number of carboxylic acid groups (broad SMARTS) is 1. The predicted molar refractivity (Wildman–Crippen MR) is 75.1 cm³/mol. The van der Waals surface area contributed by atoms with Crippen LogP contribution in [0.4, 0.5) is 0 Å². The Kier molecular flexibility index (Phi) is 6.53. The van der Waals surface area contributed by atoms with Gasteiger partial charge in [-0.2, -0.15) is 0 Å². The normalized spacial score (nSPS) is 14.1. The van der Waals surface area contributed by atoms with Crippen LogP contribution in [-0.2, 0) is 11.2 Å². The number of aryl methyl sites for hydroxylation is 1. The fourth-order valence-electron chi connectivity index (χ4n) is 1.98. The van der Waals surface area contributed by atoms with Crippen molar-refractivity contribution in [3.8, 4) is 0 Å². The van der Waals surface area contributed by atoms with Gasteiger partial charge < -0.3 is 15.5 Å². The van der Waals surface area contributed by atoms with Crippen molar-refractivity contribution < 1.29 is 15.0 Å². The molecule has 2 unspecified atom stereocenters. The van der Waals surface area contributed by atoms with Crippen LogP contribution in [0, 0.1) is 0 Å². The Morgan fingerprint density at radius 1 is 1.32 bits per heavy atom. The number of hydrogen-bond acceptors (Lipinski definition) is 3. The standard InChI is InChI=1S/C15H23NO3/c1-3-4-12-5-7-13(8-6-12)15(19)11(2)16-10-9-14(17)18/h5-8,11,15-16,19H,3-4,9-10H2,1-2H3,(H,17,18). The molecule has 0 saturated carbocycles. The maximum atomic E-state index is 10.4. The first-order valence-electron chi connectivity index (χ1n) is 6.76. The molecule has 0 aliphatic rings. The van der Waals surface area contributed by atoms with Crippen molar-refractivity contribution >= 4 is 5.97 Å². The van der Waals surface area contributed by atoms with Crippen molar-refractivity contribution in [2.45, 2.75) is 45.3 Å². The Balaban J connectivity index is 2.51. The van der Waals surface area contributed by atoms with Crippen LogP contribution in [0.5, 0.6) is 0 Å². The summed E-state index contributed by atoms with van der Waals surface area (Å²) in [6, 6.07) is 7.77. The van der Waals surface area contributed by atoms with E-state index in [2.05, 4.69) is 12.2 Å². The summed E-state index contributed by atoms with van der Waals surface area (Å²) >= 11 is 0. The van der Waals surface area contributed by atoms with Crippen molar-refractivity contribution in [3.05, 3.63) is 35.4 Å². The van der Waals surface area contributed by atoms with Gasteiger partial charge >= 0.3 is 5.97 Å². The number of aliphatic hydroxyl groups excluding tert-OH is 1. The van der Waals surface area contributed by atoms with Crippen molar-refractivity contribution in [2.75, 3.05) is 6.54 Å². The van der Waals surface area contributed by atoms with Crippen LogP contribution in [0.3, 0.4) is 0 Å². The lowest BCUT2D eigenvalue weighted by molar-refractivity contribution is -0.136. The smallest absolute Gasteiger partial charge is 0.304 e. The van der Waals surface area contributed by atoms with Crippen molar-refractivity contribution in [3.63, 3.8) is 0 Å². The van der Waals surface area contributed by atoms with E-state index in [-0.39, 0.29) is 12.5 Å². The largest absolute Gasteiger partial charge is 0.481 e. The molecule has 0 heterocycles. The Hall–Kier alpha value is -1.39. The molecule has 2 atom stereocenters. The van der Waals surface area contributed by atoms with Gasteiger partial charge in [-0.15, -0.1) is 0 Å². The van der Waals surface area contributed by atoms with Gasteiger partial charge in [-0.05, 0) is 24.5 Å². The number of hydrogen-bond donors (Lipinski definition) is 3. The quantitative estimate of drug-likeness (QED) is 0.673. The SMILES string of the molecule is CCCc1ccc(C(O)C(C)NCCC(=O)O)cc1. The fraction of sp³-hybridized carbons (Fsp3) is 0.533. The van der Waals surface area contributed by atoms with E-state index in [0.717, 1.165) is 18.4 Å². The van der Waals surface area contributed by atoms with Gasteiger partial charge in [0.15, 0.2) is 0 Å². The molecule has 0 aromatic heterocycles. The van der Waals surface area contributed by atoms with Crippen LogP contribution in [0.15, 0.2) is 24.3 Å². The highest BCUT2D eigenvalue weighted by Gasteiger charge is 2.15. The molecule has 1 aromatic carbocycles. The minimum absolute atomic E-state index is 0.0620. The lowest BCUT2D eigenvalue weighted by atomic mass is 10.0. The van der Waals surface area contributed by atoms with Gasteiger partial charge in [0.2, 0.25) is 0 Å². The van der Waals surface area contributed by atoms with Crippen LogP contribution >= 0.6 is 0 Å². The van der Waals surface area contributed by atoms with E-state index in [4.69, 9.17) is 5.11 Å². The summed E-state index contributed by atoms with van der Waals surface area (Å²) in [5, 5.41) is 21.7. The number of carbonyl (C=O) groups is 1. The zero-order valence-electron chi connectivity index (χ0n) is 11.6. The van der Waals surface area contributed by atoms with Gasteiger partial charge in [-0.3, -0.25) is 4.79 Å². The Labute approximate surface area is 114 Å². The molecule has 1 aromatic rings. The van der Waals surface area contributed by atoms with Gasteiger partial charge in [0, 0.05) is 12.6 Å². The van der Waals surface area contributed by atoms with Crippen LogP contribution in [0.2, 0.25) is 0 Å². The molecule has 19 heavy (non-hydrogen) atoms. The van der Waals surface area contributed by atoms with E-state index in [1.807, 2.05) is 31.2 Å². The summed E-state index contributed by atoms with van der Waals surface area (Å²) < 4.78 is 0. The number of benzene rings is 1. The molecule has 3 N–H and O–H groups in total. The summed E-state index contributed by atoms with van der Waals surface area (Å²) in [5.41, 5.74) is 2.13. The van der Waals surface area contributed by atoms with Crippen molar-refractivity contribution in [2.24, 2.45) is 0 Å². The third kappa shape index (κ3) is 5.41. The molecule has 0 saturated heterocycles. The molecule has 0 radical (unpaired) electrons. The second-order valence-electron chi connectivity index (χ2n) is 4.82. The maximum absolute atomic E-state index is 10.4. The molecule has 0 fully saturated rings. The topological polar surface area (TPSA) is 69.6 Å². The second kappa shape index (κ2) is 7.92. The number of aliphatic carboxylic acids is 1. The van der Waals surface area contributed by atoms with E-state index in [0.29, 0.717) is 6.54 Å². The highest BCUT2D eigenvalue weighted by Crippen LogP contribution is 2.18. The summed E-state index contributed by atoms with van der Waals surface area (Å²) in [7, 11) is 0. The molecule has 1 rings (SSSR count). The highest BCUT2D eigenvalue weighted by atomic mass is 16.4. The predicted octanol–water partition coefficient (Wildman–Crippen LogP) is 2.13. The van der Waals surface area contributed by atoms with Gasteiger partial charge in [-0.1, -0.05) is 37.6 Å². The zero-order chi connectivity index (χ0) is 14.3. The minimum atomic E-state index is -0.835. The van der Waals surface area contributed by atoms with E-state index in [9.17, 15) is 9.90 Å². The molecule has 4 nitrogen and oxygen atoms in total. The molecule has 0 bridgehead atoms. The number of nitrogens with one attached hydrogen (secondary N) is 1. The number of rotatable bonds is 8. The lowest BCUT2D eigenvalue weighted by Crippen LogP contribution is -2.33. The van der Waals surface area contributed by atoms with Gasteiger partial charge in [0.1, 0.15) is 0 Å².